The predicted octanol–water partition coefficient (Wildman–Crippen LogP) is 4.21. The number of pyridine rings is 1. The van der Waals surface area contributed by atoms with Gasteiger partial charge in [0, 0.05) is 10.8 Å². The molecule has 0 radical (unpaired) electrons. The lowest BCUT2D eigenvalue weighted by Gasteiger charge is -2.02. The zero-order chi connectivity index (χ0) is 12.8. The Morgan fingerprint density at radius 2 is 1.94 bits per heavy atom. The van der Waals surface area contributed by atoms with Crippen molar-refractivity contribution in [2.24, 2.45) is 10.2 Å². The predicted molar refractivity (Wildman–Crippen MR) is 72.3 cm³/mol. The Labute approximate surface area is 106 Å². The molecule has 0 saturated heterocycles. The minimum atomic E-state index is 0.176. The standard InChI is InChI=1S/C14H17N3O/c1-2-3-6-9-16-17-14-12-8-5-4-7-11(12)13(18)10-15-14/h4-5,7-8,10,18H,2-3,6,9H2,1H3. The first-order chi connectivity index (χ1) is 8.83. The molecule has 0 unspecified atom stereocenters. The normalized spacial score (nSPS) is 11.4. The highest BCUT2D eigenvalue weighted by atomic mass is 16.3. The summed E-state index contributed by atoms with van der Waals surface area (Å²) >= 11 is 0. The number of azo groups is 1. The summed E-state index contributed by atoms with van der Waals surface area (Å²) in [5.74, 6) is 0.746. The minimum absolute atomic E-state index is 0.176. The number of hydrogen-bond acceptors (Lipinski definition) is 4. The molecule has 2 aromatic rings. The molecule has 18 heavy (non-hydrogen) atoms. The van der Waals surface area contributed by atoms with Crippen LogP contribution in [0.5, 0.6) is 5.75 Å². The number of benzene rings is 1. The molecule has 0 saturated carbocycles. The van der Waals surface area contributed by atoms with Crippen molar-refractivity contribution in [1.29, 1.82) is 0 Å². The zero-order valence-corrected chi connectivity index (χ0v) is 10.5. The molecule has 94 valence electrons. The van der Waals surface area contributed by atoms with Gasteiger partial charge in [-0.25, -0.2) is 4.98 Å². The highest BCUT2D eigenvalue weighted by Crippen LogP contribution is 2.29. The third-order valence-electron chi connectivity index (χ3n) is 2.78. The fraction of sp³-hybridized carbons (Fsp3) is 0.357. The Bertz CT molecular complexity index is 552. The van der Waals surface area contributed by atoms with Gasteiger partial charge in [-0.1, -0.05) is 44.0 Å². The minimum Gasteiger partial charge on any atom is -0.506 e. The van der Waals surface area contributed by atoms with Crippen LogP contribution in [0, 0.1) is 0 Å². The van der Waals surface area contributed by atoms with Gasteiger partial charge in [-0.05, 0) is 6.42 Å². The van der Waals surface area contributed by atoms with Crippen LogP contribution < -0.4 is 0 Å². The van der Waals surface area contributed by atoms with Crippen molar-refractivity contribution < 1.29 is 5.11 Å². The van der Waals surface area contributed by atoms with E-state index in [4.69, 9.17) is 0 Å². The van der Waals surface area contributed by atoms with E-state index in [1.54, 1.807) is 0 Å². The molecule has 4 nitrogen and oxygen atoms in total. The molecule has 0 bridgehead atoms. The summed E-state index contributed by atoms with van der Waals surface area (Å²) in [4.78, 5) is 4.11. The van der Waals surface area contributed by atoms with Gasteiger partial charge in [-0.3, -0.25) is 0 Å². The average molecular weight is 243 g/mol. The second-order valence-corrected chi connectivity index (χ2v) is 4.18. The quantitative estimate of drug-likeness (QED) is 0.631. The highest BCUT2D eigenvalue weighted by Gasteiger charge is 2.04. The van der Waals surface area contributed by atoms with E-state index in [1.165, 1.54) is 19.0 Å². The second kappa shape index (κ2) is 6.10. The van der Waals surface area contributed by atoms with Crippen molar-refractivity contribution in [3.05, 3.63) is 30.5 Å². The Hall–Kier alpha value is -1.97. The first-order valence-corrected chi connectivity index (χ1v) is 6.27. The van der Waals surface area contributed by atoms with Crippen LogP contribution in [0.25, 0.3) is 10.8 Å². The maximum atomic E-state index is 9.70. The SMILES string of the molecule is CCCCCN=Nc1ncc(O)c2ccccc12. The van der Waals surface area contributed by atoms with E-state index in [0.29, 0.717) is 5.82 Å². The molecule has 1 heterocycles. The molecule has 0 aliphatic rings. The van der Waals surface area contributed by atoms with E-state index >= 15 is 0 Å². The lowest BCUT2D eigenvalue weighted by Crippen LogP contribution is -1.81. The highest BCUT2D eigenvalue weighted by molar-refractivity contribution is 5.94. The van der Waals surface area contributed by atoms with Gasteiger partial charge in [0.25, 0.3) is 0 Å². The number of fused-ring (bicyclic) bond motifs is 1. The van der Waals surface area contributed by atoms with Gasteiger partial charge in [0.05, 0.1) is 12.7 Å². The van der Waals surface area contributed by atoms with Gasteiger partial charge in [-0.15, -0.1) is 5.11 Å². The fourth-order valence-electron chi connectivity index (χ4n) is 1.79. The Balaban J connectivity index is 2.21. The van der Waals surface area contributed by atoms with Crippen LogP contribution in [-0.2, 0) is 0 Å². The summed E-state index contributed by atoms with van der Waals surface area (Å²) in [6.07, 6.45) is 4.82. The average Bonchev–Trinajstić information content (AvgIpc) is 2.41. The van der Waals surface area contributed by atoms with Crippen LogP contribution in [-0.4, -0.2) is 16.6 Å². The summed E-state index contributed by atoms with van der Waals surface area (Å²) in [5.41, 5.74) is 0. The molecule has 0 fully saturated rings. The Morgan fingerprint density at radius 1 is 1.17 bits per heavy atom. The summed E-state index contributed by atoms with van der Waals surface area (Å²) in [6, 6.07) is 7.52. The molecule has 0 atom stereocenters. The monoisotopic (exact) mass is 243 g/mol. The van der Waals surface area contributed by atoms with Crippen LogP contribution in [0.1, 0.15) is 26.2 Å². The van der Waals surface area contributed by atoms with Crippen LogP contribution in [0.4, 0.5) is 5.82 Å². The van der Waals surface area contributed by atoms with Crippen molar-refractivity contribution in [3.63, 3.8) is 0 Å². The van der Waals surface area contributed by atoms with Gasteiger partial charge in [-0.2, -0.15) is 5.11 Å². The van der Waals surface area contributed by atoms with E-state index in [0.717, 1.165) is 23.7 Å². The largest absolute Gasteiger partial charge is 0.506 e. The number of rotatable bonds is 5. The third kappa shape index (κ3) is 2.83. The molecular weight excluding hydrogens is 226 g/mol. The van der Waals surface area contributed by atoms with Crippen LogP contribution in [0.2, 0.25) is 0 Å². The molecule has 2 rings (SSSR count). The van der Waals surface area contributed by atoms with Gasteiger partial charge >= 0.3 is 0 Å². The molecule has 0 aliphatic heterocycles. The summed E-state index contributed by atoms with van der Waals surface area (Å²) in [6.45, 7) is 2.89. The zero-order valence-electron chi connectivity index (χ0n) is 10.5. The van der Waals surface area contributed by atoms with Crippen molar-refractivity contribution in [3.8, 4) is 5.75 Å². The van der Waals surface area contributed by atoms with Crippen LogP contribution >= 0.6 is 0 Å². The smallest absolute Gasteiger partial charge is 0.182 e. The molecule has 0 amide bonds. The number of aromatic nitrogens is 1. The van der Waals surface area contributed by atoms with Crippen molar-refractivity contribution in [1.82, 2.24) is 4.98 Å². The molecule has 0 aliphatic carbocycles. The first kappa shape index (κ1) is 12.5. The van der Waals surface area contributed by atoms with Gasteiger partial charge in [0.1, 0.15) is 5.75 Å². The number of unbranched alkanes of at least 4 members (excludes halogenated alkanes) is 2. The molecule has 1 aromatic heterocycles. The van der Waals surface area contributed by atoms with E-state index < -0.39 is 0 Å². The summed E-state index contributed by atoms with van der Waals surface area (Å²) in [5, 5.41) is 19.6. The molecule has 4 heteroatoms. The molecule has 1 N–H and O–H groups in total. The van der Waals surface area contributed by atoms with Crippen molar-refractivity contribution in [2.45, 2.75) is 26.2 Å². The van der Waals surface area contributed by atoms with Crippen LogP contribution in [0.3, 0.4) is 0 Å². The molecule has 0 spiro atoms. The van der Waals surface area contributed by atoms with E-state index in [9.17, 15) is 5.11 Å². The maximum Gasteiger partial charge on any atom is 0.182 e. The van der Waals surface area contributed by atoms with Crippen molar-refractivity contribution in [2.75, 3.05) is 6.54 Å². The second-order valence-electron chi connectivity index (χ2n) is 4.18. The number of aromatic hydroxyl groups is 1. The fourth-order valence-corrected chi connectivity index (χ4v) is 1.79. The third-order valence-corrected chi connectivity index (χ3v) is 2.78. The lowest BCUT2D eigenvalue weighted by molar-refractivity contribution is 0.479. The van der Waals surface area contributed by atoms with Gasteiger partial charge in [0.15, 0.2) is 5.82 Å². The molecular formula is C14H17N3O. The lowest BCUT2D eigenvalue weighted by atomic mass is 10.1. The van der Waals surface area contributed by atoms with Gasteiger partial charge in [0.2, 0.25) is 0 Å². The summed E-state index contributed by atoms with van der Waals surface area (Å²) < 4.78 is 0. The number of nitrogens with zero attached hydrogens (tertiary/aromatic N) is 3. The van der Waals surface area contributed by atoms with Gasteiger partial charge < -0.3 is 5.11 Å². The summed E-state index contributed by atoms with van der Waals surface area (Å²) in [7, 11) is 0. The molecule has 1 aromatic carbocycles. The Kier molecular flexibility index (Phi) is 4.23. The maximum absolute atomic E-state index is 9.70. The topological polar surface area (TPSA) is 57.8 Å². The van der Waals surface area contributed by atoms with E-state index in [-0.39, 0.29) is 5.75 Å². The Morgan fingerprint density at radius 3 is 2.72 bits per heavy atom. The van der Waals surface area contributed by atoms with E-state index in [2.05, 4.69) is 22.1 Å². The number of hydrogen-bond donors (Lipinski definition) is 1. The van der Waals surface area contributed by atoms with Crippen LogP contribution in [0.15, 0.2) is 40.7 Å². The first-order valence-electron chi connectivity index (χ1n) is 6.27. The van der Waals surface area contributed by atoms with E-state index in [1.807, 2.05) is 24.3 Å². The van der Waals surface area contributed by atoms with Crippen molar-refractivity contribution >= 4 is 16.6 Å².